The fraction of sp³-hybridized carbons (Fsp3) is 0.172. The molecule has 0 unspecified atom stereocenters. The van der Waals surface area contributed by atoms with Crippen LogP contribution in [0.4, 0.5) is 0 Å². The maximum atomic E-state index is 12.6. The van der Waals surface area contributed by atoms with Gasteiger partial charge in [0.2, 0.25) is 5.91 Å². The van der Waals surface area contributed by atoms with Gasteiger partial charge in [0, 0.05) is 36.6 Å². The number of methoxy groups -OCH3 is 3. The fourth-order valence-corrected chi connectivity index (χ4v) is 3.92. The molecule has 4 rings (SSSR count). The van der Waals surface area contributed by atoms with Crippen molar-refractivity contribution in [1.29, 1.82) is 0 Å². The molecule has 1 amide bonds. The van der Waals surface area contributed by atoms with Crippen molar-refractivity contribution >= 4 is 12.0 Å². The second-order valence-electron chi connectivity index (χ2n) is 8.06. The summed E-state index contributed by atoms with van der Waals surface area (Å²) in [7, 11) is 4.70. The number of aromatic nitrogens is 2. The standard InChI is InChI=1S/C29H29N3O4/c1-34-26-18-28(36-3)27(35-2)17-23(26)13-14-29(33)30-19-24-7-4-5-8-25(24)22-11-9-21(10-12-22)20-32-16-6-15-31-32/h4-18H,19-20H2,1-3H3,(H,30,33). The van der Waals surface area contributed by atoms with E-state index in [1.807, 2.05) is 35.1 Å². The first-order chi connectivity index (χ1) is 17.6. The van der Waals surface area contributed by atoms with Crippen LogP contribution in [0.15, 0.2) is 85.2 Å². The van der Waals surface area contributed by atoms with Crippen molar-refractivity contribution < 1.29 is 19.0 Å². The molecule has 1 N–H and O–H groups in total. The molecule has 3 aromatic carbocycles. The third-order valence-electron chi connectivity index (χ3n) is 5.79. The zero-order valence-electron chi connectivity index (χ0n) is 20.6. The van der Waals surface area contributed by atoms with E-state index >= 15 is 0 Å². The number of carbonyl (C=O) groups excluding carboxylic acids is 1. The summed E-state index contributed by atoms with van der Waals surface area (Å²) in [5.74, 6) is 1.49. The van der Waals surface area contributed by atoms with Crippen molar-refractivity contribution in [2.75, 3.05) is 21.3 Å². The van der Waals surface area contributed by atoms with E-state index < -0.39 is 0 Å². The van der Waals surface area contributed by atoms with Gasteiger partial charge in [0.05, 0.1) is 27.9 Å². The smallest absolute Gasteiger partial charge is 0.244 e. The lowest BCUT2D eigenvalue weighted by Crippen LogP contribution is -2.20. The number of nitrogens with one attached hydrogen (secondary N) is 1. The molecule has 0 radical (unpaired) electrons. The summed E-state index contributed by atoms with van der Waals surface area (Å²) in [4.78, 5) is 12.6. The van der Waals surface area contributed by atoms with Crippen LogP contribution >= 0.6 is 0 Å². The predicted molar refractivity (Wildman–Crippen MR) is 140 cm³/mol. The van der Waals surface area contributed by atoms with Crippen LogP contribution in [0.5, 0.6) is 17.2 Å². The van der Waals surface area contributed by atoms with Crippen molar-refractivity contribution in [3.05, 3.63) is 102 Å². The number of carbonyl (C=O) groups is 1. The number of hydrogen-bond acceptors (Lipinski definition) is 5. The van der Waals surface area contributed by atoms with Crippen molar-refractivity contribution in [3.63, 3.8) is 0 Å². The molecule has 0 spiro atoms. The second-order valence-corrected chi connectivity index (χ2v) is 8.06. The Labute approximate surface area is 210 Å². The number of benzene rings is 3. The molecule has 7 heteroatoms. The summed E-state index contributed by atoms with van der Waals surface area (Å²) in [6, 6.07) is 21.9. The van der Waals surface area contributed by atoms with E-state index in [1.165, 1.54) is 11.6 Å². The Morgan fingerprint density at radius 3 is 2.33 bits per heavy atom. The number of amides is 1. The van der Waals surface area contributed by atoms with Crippen LogP contribution in [0, 0.1) is 0 Å². The number of ether oxygens (including phenoxy) is 3. The summed E-state index contributed by atoms with van der Waals surface area (Å²) in [6.45, 7) is 1.12. The highest BCUT2D eigenvalue weighted by atomic mass is 16.5. The Bertz CT molecular complexity index is 1330. The lowest BCUT2D eigenvalue weighted by Gasteiger charge is -2.12. The first-order valence-corrected chi connectivity index (χ1v) is 11.5. The average Bonchev–Trinajstić information content (AvgIpc) is 3.44. The average molecular weight is 484 g/mol. The Kier molecular flexibility index (Phi) is 8.03. The number of nitrogens with zero attached hydrogens (tertiary/aromatic N) is 2. The maximum absolute atomic E-state index is 12.6. The van der Waals surface area contributed by atoms with Gasteiger partial charge >= 0.3 is 0 Å². The van der Waals surface area contributed by atoms with Gasteiger partial charge in [0.1, 0.15) is 5.75 Å². The van der Waals surface area contributed by atoms with Crippen molar-refractivity contribution in [1.82, 2.24) is 15.1 Å². The van der Waals surface area contributed by atoms with Gasteiger partial charge < -0.3 is 19.5 Å². The molecule has 0 fully saturated rings. The zero-order chi connectivity index (χ0) is 25.3. The van der Waals surface area contributed by atoms with Crippen LogP contribution in [0.1, 0.15) is 16.7 Å². The fourth-order valence-electron chi connectivity index (χ4n) is 3.92. The zero-order valence-corrected chi connectivity index (χ0v) is 20.6. The van der Waals surface area contributed by atoms with Crippen molar-refractivity contribution in [3.8, 4) is 28.4 Å². The first kappa shape index (κ1) is 24.6. The van der Waals surface area contributed by atoms with Gasteiger partial charge in [-0.2, -0.15) is 5.10 Å². The number of hydrogen-bond donors (Lipinski definition) is 1. The van der Waals surface area contributed by atoms with Crippen LogP contribution < -0.4 is 19.5 Å². The molecule has 0 bridgehead atoms. The van der Waals surface area contributed by atoms with E-state index in [0.717, 1.165) is 23.2 Å². The van der Waals surface area contributed by atoms with Crippen LogP contribution in [-0.4, -0.2) is 37.0 Å². The van der Waals surface area contributed by atoms with Gasteiger partial charge in [-0.25, -0.2) is 0 Å². The molecule has 36 heavy (non-hydrogen) atoms. The molecule has 0 saturated carbocycles. The molecule has 7 nitrogen and oxygen atoms in total. The minimum atomic E-state index is -0.212. The van der Waals surface area contributed by atoms with Crippen molar-refractivity contribution in [2.45, 2.75) is 13.1 Å². The molecule has 1 heterocycles. The van der Waals surface area contributed by atoms with Crippen LogP contribution in [0.2, 0.25) is 0 Å². The molecule has 0 aliphatic heterocycles. The van der Waals surface area contributed by atoms with E-state index in [2.05, 4.69) is 40.7 Å². The summed E-state index contributed by atoms with van der Waals surface area (Å²) in [5, 5.41) is 7.23. The monoisotopic (exact) mass is 483 g/mol. The van der Waals surface area contributed by atoms with Crippen LogP contribution in [0.25, 0.3) is 17.2 Å². The van der Waals surface area contributed by atoms with Gasteiger partial charge in [-0.3, -0.25) is 9.48 Å². The van der Waals surface area contributed by atoms with E-state index in [9.17, 15) is 4.79 Å². The normalized spacial score (nSPS) is 10.9. The van der Waals surface area contributed by atoms with Gasteiger partial charge in [-0.05, 0) is 40.5 Å². The highest BCUT2D eigenvalue weighted by Gasteiger charge is 2.11. The van der Waals surface area contributed by atoms with E-state index in [1.54, 1.807) is 45.7 Å². The number of rotatable bonds is 10. The SMILES string of the molecule is COc1cc(OC)c(OC)cc1C=CC(=O)NCc1ccccc1-c1ccc(Cn2cccn2)cc1. The first-order valence-electron chi connectivity index (χ1n) is 11.5. The van der Waals surface area contributed by atoms with Gasteiger partial charge in [-0.15, -0.1) is 0 Å². The highest BCUT2D eigenvalue weighted by Crippen LogP contribution is 2.35. The van der Waals surface area contributed by atoms with Crippen LogP contribution in [-0.2, 0) is 17.9 Å². The summed E-state index contributed by atoms with van der Waals surface area (Å²) < 4.78 is 18.0. The highest BCUT2D eigenvalue weighted by molar-refractivity contribution is 5.92. The minimum absolute atomic E-state index is 0.212. The molecular weight excluding hydrogens is 454 g/mol. The molecule has 0 aliphatic carbocycles. The van der Waals surface area contributed by atoms with Crippen LogP contribution in [0.3, 0.4) is 0 Å². The summed E-state index contributed by atoms with van der Waals surface area (Å²) in [5.41, 5.74) is 5.08. The molecule has 1 aromatic heterocycles. The molecule has 0 saturated heterocycles. The Morgan fingerprint density at radius 1 is 0.917 bits per heavy atom. The summed E-state index contributed by atoms with van der Waals surface area (Å²) >= 11 is 0. The lowest BCUT2D eigenvalue weighted by atomic mass is 9.98. The Morgan fingerprint density at radius 2 is 1.64 bits per heavy atom. The van der Waals surface area contributed by atoms with E-state index in [4.69, 9.17) is 14.2 Å². The Balaban J connectivity index is 1.44. The third kappa shape index (κ3) is 5.93. The Hall–Kier alpha value is -4.52. The second kappa shape index (κ2) is 11.8. The van der Waals surface area contributed by atoms with Crippen molar-refractivity contribution in [2.24, 2.45) is 0 Å². The van der Waals surface area contributed by atoms with Gasteiger partial charge in [-0.1, -0.05) is 48.5 Å². The molecule has 184 valence electrons. The lowest BCUT2D eigenvalue weighted by molar-refractivity contribution is -0.116. The topological polar surface area (TPSA) is 74.6 Å². The summed E-state index contributed by atoms with van der Waals surface area (Å²) in [6.07, 6.45) is 6.90. The molecular formula is C29H29N3O4. The third-order valence-corrected chi connectivity index (χ3v) is 5.79. The maximum Gasteiger partial charge on any atom is 0.244 e. The molecule has 0 aliphatic rings. The predicted octanol–water partition coefficient (Wildman–Crippen LogP) is 4.95. The molecule has 4 aromatic rings. The quantitative estimate of drug-likeness (QED) is 0.323. The van der Waals surface area contributed by atoms with Gasteiger partial charge in [0.15, 0.2) is 11.5 Å². The minimum Gasteiger partial charge on any atom is -0.496 e. The van der Waals surface area contributed by atoms with Gasteiger partial charge in [0.25, 0.3) is 0 Å². The largest absolute Gasteiger partial charge is 0.496 e. The van der Waals surface area contributed by atoms with E-state index in [-0.39, 0.29) is 5.91 Å². The van der Waals surface area contributed by atoms with E-state index in [0.29, 0.717) is 29.4 Å². The molecule has 0 atom stereocenters.